The number of hydrogen-bond acceptors (Lipinski definition) is 6. The molecule has 1 aromatic carbocycles. The molecule has 154 valence electrons. The largest absolute Gasteiger partial charge is 0.451 e. The van der Waals surface area contributed by atoms with Crippen LogP contribution in [-0.4, -0.2) is 53.3 Å². The highest BCUT2D eigenvalue weighted by atomic mass is 79.9. The predicted molar refractivity (Wildman–Crippen MR) is 118 cm³/mol. The molecule has 1 fully saturated rings. The molecule has 0 atom stereocenters. The van der Waals surface area contributed by atoms with Crippen LogP contribution in [0.2, 0.25) is 0 Å². The van der Waals surface area contributed by atoms with Crippen molar-refractivity contribution in [3.05, 3.63) is 63.6 Å². The molecular weight excluding hydrogens is 444 g/mol. The number of fused-ring (bicyclic) bond motifs is 1. The normalized spacial score (nSPS) is 15.4. The van der Waals surface area contributed by atoms with Crippen LogP contribution in [-0.2, 0) is 6.54 Å². The fourth-order valence-electron chi connectivity index (χ4n) is 3.80. The van der Waals surface area contributed by atoms with Gasteiger partial charge in [0.1, 0.15) is 0 Å². The molecule has 0 amide bonds. The fraction of sp³-hybridized carbons (Fsp3) is 0.348. The molecule has 1 aliphatic heterocycles. The molecule has 2 aromatic heterocycles. The van der Waals surface area contributed by atoms with Gasteiger partial charge in [-0.2, -0.15) is 5.26 Å². The lowest BCUT2D eigenvalue weighted by Gasteiger charge is -2.34. The Morgan fingerprint density at radius 2 is 1.90 bits per heavy atom. The smallest absolute Gasteiger partial charge is 0.228 e. The second-order valence-corrected chi connectivity index (χ2v) is 8.50. The standard InChI is InChI=1S/C23H23BrN4O2/c1-16-23-20(13-21(30-23)22(29)17-3-5-19(24)6-4-17)18(14-26-16)15-28-11-9-27(10-12-28)8-2-7-25/h3-6,13-14H,2,8-12,15H2,1H3. The van der Waals surface area contributed by atoms with Crippen molar-refractivity contribution in [1.29, 1.82) is 5.26 Å². The van der Waals surface area contributed by atoms with E-state index in [0.29, 0.717) is 23.3 Å². The molecule has 4 rings (SSSR count). The number of rotatable bonds is 6. The van der Waals surface area contributed by atoms with E-state index >= 15 is 0 Å². The summed E-state index contributed by atoms with van der Waals surface area (Å²) < 4.78 is 6.88. The SMILES string of the molecule is Cc1ncc(CN2CCN(CCC#N)CC2)c2cc(C(=O)c3ccc(Br)cc3)oc12. The van der Waals surface area contributed by atoms with E-state index in [0.717, 1.165) is 60.4 Å². The van der Waals surface area contributed by atoms with Crippen molar-refractivity contribution in [2.45, 2.75) is 19.9 Å². The highest BCUT2D eigenvalue weighted by Gasteiger charge is 2.21. The Labute approximate surface area is 184 Å². The van der Waals surface area contributed by atoms with Gasteiger partial charge in [-0.25, -0.2) is 0 Å². The van der Waals surface area contributed by atoms with Crippen molar-refractivity contribution >= 4 is 32.7 Å². The summed E-state index contributed by atoms with van der Waals surface area (Å²) in [7, 11) is 0. The van der Waals surface area contributed by atoms with E-state index < -0.39 is 0 Å². The van der Waals surface area contributed by atoms with Crippen LogP contribution in [0.5, 0.6) is 0 Å². The first-order chi connectivity index (χ1) is 14.5. The minimum atomic E-state index is -0.129. The third-order valence-electron chi connectivity index (χ3n) is 5.55. The number of carbonyl (C=O) groups is 1. The molecule has 0 bridgehead atoms. The maximum Gasteiger partial charge on any atom is 0.228 e. The molecule has 0 saturated carbocycles. The van der Waals surface area contributed by atoms with Gasteiger partial charge >= 0.3 is 0 Å². The minimum Gasteiger partial charge on any atom is -0.451 e. The van der Waals surface area contributed by atoms with Crippen molar-refractivity contribution < 1.29 is 9.21 Å². The number of furan rings is 1. The zero-order valence-electron chi connectivity index (χ0n) is 16.9. The Balaban J connectivity index is 1.54. The molecule has 1 saturated heterocycles. The van der Waals surface area contributed by atoms with Gasteiger partial charge < -0.3 is 4.42 Å². The molecule has 0 unspecified atom stereocenters. The van der Waals surface area contributed by atoms with E-state index in [1.165, 1.54) is 0 Å². The van der Waals surface area contributed by atoms with Crippen LogP contribution in [0.4, 0.5) is 0 Å². The Bertz CT molecular complexity index is 1090. The van der Waals surface area contributed by atoms with Crippen molar-refractivity contribution in [1.82, 2.24) is 14.8 Å². The Morgan fingerprint density at radius 1 is 1.20 bits per heavy atom. The third-order valence-corrected chi connectivity index (χ3v) is 6.08. The number of carbonyl (C=O) groups excluding carboxylic acids is 1. The lowest BCUT2D eigenvalue weighted by molar-refractivity contribution is 0.101. The van der Waals surface area contributed by atoms with Crippen LogP contribution in [0.15, 0.2) is 45.4 Å². The number of nitriles is 1. The van der Waals surface area contributed by atoms with Gasteiger partial charge in [0.15, 0.2) is 11.3 Å². The van der Waals surface area contributed by atoms with Gasteiger partial charge in [-0.3, -0.25) is 19.6 Å². The maximum atomic E-state index is 12.9. The van der Waals surface area contributed by atoms with Crippen LogP contribution in [0, 0.1) is 18.3 Å². The number of ketones is 1. The number of pyridine rings is 1. The number of hydrogen-bond donors (Lipinski definition) is 0. The van der Waals surface area contributed by atoms with Crippen molar-refractivity contribution in [3.8, 4) is 6.07 Å². The lowest BCUT2D eigenvalue weighted by atomic mass is 10.1. The molecule has 1 aliphatic rings. The van der Waals surface area contributed by atoms with Crippen LogP contribution >= 0.6 is 15.9 Å². The molecule has 3 aromatic rings. The summed E-state index contributed by atoms with van der Waals surface area (Å²) in [6.07, 6.45) is 2.47. The molecule has 3 heterocycles. The van der Waals surface area contributed by atoms with E-state index in [1.807, 2.05) is 31.3 Å². The first kappa shape index (κ1) is 20.7. The molecular formula is C23H23BrN4O2. The van der Waals surface area contributed by atoms with E-state index in [4.69, 9.17) is 9.68 Å². The van der Waals surface area contributed by atoms with Crippen molar-refractivity contribution in [3.63, 3.8) is 0 Å². The van der Waals surface area contributed by atoms with Gasteiger partial charge in [0.25, 0.3) is 0 Å². The first-order valence-corrected chi connectivity index (χ1v) is 10.8. The highest BCUT2D eigenvalue weighted by molar-refractivity contribution is 9.10. The monoisotopic (exact) mass is 466 g/mol. The second-order valence-electron chi connectivity index (χ2n) is 7.58. The summed E-state index contributed by atoms with van der Waals surface area (Å²) in [6, 6.07) is 11.3. The van der Waals surface area contributed by atoms with E-state index in [-0.39, 0.29) is 5.78 Å². The van der Waals surface area contributed by atoms with E-state index in [2.05, 4.69) is 36.8 Å². The van der Waals surface area contributed by atoms with Gasteiger partial charge in [0.2, 0.25) is 5.78 Å². The Hall–Kier alpha value is -2.53. The molecule has 0 N–H and O–H groups in total. The zero-order chi connectivity index (χ0) is 21.1. The fourth-order valence-corrected chi connectivity index (χ4v) is 4.07. The molecule has 0 radical (unpaired) electrons. The van der Waals surface area contributed by atoms with E-state index in [1.54, 1.807) is 12.1 Å². The minimum absolute atomic E-state index is 0.129. The number of nitrogens with zero attached hydrogens (tertiary/aromatic N) is 4. The van der Waals surface area contributed by atoms with Gasteiger partial charge in [-0.1, -0.05) is 15.9 Å². The Morgan fingerprint density at radius 3 is 2.60 bits per heavy atom. The lowest BCUT2D eigenvalue weighted by Crippen LogP contribution is -2.46. The van der Waals surface area contributed by atoms with Gasteiger partial charge in [-0.15, -0.1) is 0 Å². The number of piperazine rings is 1. The van der Waals surface area contributed by atoms with Gasteiger partial charge in [-0.05, 0) is 42.8 Å². The summed E-state index contributed by atoms with van der Waals surface area (Å²) in [5, 5.41) is 9.72. The molecule has 7 heteroatoms. The molecule has 0 aliphatic carbocycles. The average molecular weight is 467 g/mol. The summed E-state index contributed by atoms with van der Waals surface area (Å²) in [4.78, 5) is 22.1. The Kier molecular flexibility index (Phi) is 6.28. The van der Waals surface area contributed by atoms with Crippen LogP contribution < -0.4 is 0 Å². The number of benzene rings is 1. The molecule has 6 nitrogen and oxygen atoms in total. The maximum absolute atomic E-state index is 12.9. The quantitative estimate of drug-likeness (QED) is 0.507. The van der Waals surface area contributed by atoms with Crippen molar-refractivity contribution in [2.75, 3.05) is 32.7 Å². The first-order valence-electron chi connectivity index (χ1n) is 10.0. The molecule has 0 spiro atoms. The summed E-state index contributed by atoms with van der Waals surface area (Å²) >= 11 is 3.40. The summed E-state index contributed by atoms with van der Waals surface area (Å²) in [6.45, 7) is 7.32. The number of halogens is 1. The van der Waals surface area contributed by atoms with E-state index in [9.17, 15) is 4.79 Å². The highest BCUT2D eigenvalue weighted by Crippen LogP contribution is 2.28. The second kappa shape index (κ2) is 9.09. The van der Waals surface area contributed by atoms with Crippen LogP contribution in [0.25, 0.3) is 11.0 Å². The van der Waals surface area contributed by atoms with Crippen molar-refractivity contribution in [2.24, 2.45) is 0 Å². The van der Waals surface area contributed by atoms with Crippen LogP contribution in [0.3, 0.4) is 0 Å². The van der Waals surface area contributed by atoms with Gasteiger partial charge in [0.05, 0.1) is 11.8 Å². The van der Waals surface area contributed by atoms with Gasteiger partial charge in [0, 0.05) is 67.3 Å². The van der Waals surface area contributed by atoms with Crippen LogP contribution in [0.1, 0.15) is 33.8 Å². The topological polar surface area (TPSA) is 73.4 Å². The zero-order valence-corrected chi connectivity index (χ0v) is 18.5. The molecule has 30 heavy (non-hydrogen) atoms. The average Bonchev–Trinajstić information content (AvgIpc) is 3.22. The number of aromatic nitrogens is 1. The summed E-state index contributed by atoms with van der Waals surface area (Å²) in [5.74, 6) is 0.209. The predicted octanol–water partition coefficient (Wildman–Crippen LogP) is 4.16. The third kappa shape index (κ3) is 4.46. The number of aryl methyl sites for hydroxylation is 1. The summed E-state index contributed by atoms with van der Waals surface area (Å²) in [5.41, 5.74) is 3.13.